The Kier molecular flexibility index (Phi) is 5.06. The van der Waals surface area contributed by atoms with Crippen LogP contribution < -0.4 is 0 Å². The molecule has 0 aromatic carbocycles. The number of thioether (sulfide) groups is 1. The Labute approximate surface area is 78.4 Å². The minimum atomic E-state index is -0.351. The average Bonchev–Trinajstić information content (AvgIpc) is 1.96. The molecule has 0 unspecified atom stereocenters. The first kappa shape index (κ1) is 11.6. The van der Waals surface area contributed by atoms with Gasteiger partial charge in [-0.2, -0.15) is 0 Å². The molecule has 0 aromatic rings. The summed E-state index contributed by atoms with van der Waals surface area (Å²) in [6, 6.07) is 0. The molecule has 0 aliphatic heterocycles. The van der Waals surface area contributed by atoms with E-state index in [4.69, 9.17) is 4.74 Å². The number of esters is 1. The summed E-state index contributed by atoms with van der Waals surface area (Å²) >= 11 is 1.61. The van der Waals surface area contributed by atoms with Gasteiger partial charge in [0.05, 0.1) is 0 Å². The van der Waals surface area contributed by atoms with Crippen LogP contribution in [-0.2, 0) is 9.53 Å². The fraction of sp³-hybridized carbons (Fsp3) is 0.667. The highest BCUT2D eigenvalue weighted by molar-refractivity contribution is 7.99. The van der Waals surface area contributed by atoms with Gasteiger partial charge in [-0.25, -0.2) is 4.79 Å². The highest BCUT2D eigenvalue weighted by Crippen LogP contribution is 2.20. The second-order valence-corrected chi connectivity index (χ2v) is 4.63. The van der Waals surface area contributed by atoms with Crippen LogP contribution in [0.5, 0.6) is 0 Å². The van der Waals surface area contributed by atoms with Crippen molar-refractivity contribution in [1.29, 1.82) is 0 Å². The van der Waals surface area contributed by atoms with Gasteiger partial charge in [-0.3, -0.25) is 0 Å². The molecule has 0 fully saturated rings. The molecule has 0 bridgehead atoms. The third kappa shape index (κ3) is 7.66. The molecule has 0 aromatic heterocycles. The van der Waals surface area contributed by atoms with Crippen molar-refractivity contribution < 1.29 is 9.53 Å². The molecule has 0 N–H and O–H groups in total. The zero-order valence-electron chi connectivity index (χ0n) is 7.92. The van der Waals surface area contributed by atoms with Gasteiger partial charge >= 0.3 is 5.97 Å². The predicted molar refractivity (Wildman–Crippen MR) is 53.1 cm³/mol. The van der Waals surface area contributed by atoms with Crippen molar-refractivity contribution in [2.45, 2.75) is 20.8 Å². The van der Waals surface area contributed by atoms with Gasteiger partial charge in [0.2, 0.25) is 0 Å². The maximum Gasteiger partial charge on any atom is 0.330 e. The quantitative estimate of drug-likeness (QED) is 0.293. The maximum atomic E-state index is 10.6. The molecule has 2 nitrogen and oxygen atoms in total. The number of ether oxygens (including phenoxy) is 1. The second kappa shape index (κ2) is 5.25. The van der Waals surface area contributed by atoms with Crippen molar-refractivity contribution >= 4 is 17.7 Å². The number of hydrogen-bond acceptors (Lipinski definition) is 3. The van der Waals surface area contributed by atoms with E-state index in [2.05, 4.69) is 27.4 Å². The highest BCUT2D eigenvalue weighted by Gasteiger charge is 2.09. The van der Waals surface area contributed by atoms with Crippen molar-refractivity contribution in [1.82, 2.24) is 0 Å². The molecule has 12 heavy (non-hydrogen) atoms. The zero-order valence-corrected chi connectivity index (χ0v) is 8.74. The first-order valence-corrected chi connectivity index (χ1v) is 4.98. The summed E-state index contributed by atoms with van der Waals surface area (Å²) in [4.78, 5) is 10.6. The van der Waals surface area contributed by atoms with Gasteiger partial charge in [-0.1, -0.05) is 27.4 Å². The Morgan fingerprint density at radius 1 is 1.58 bits per heavy atom. The Bertz CT molecular complexity index is 158. The highest BCUT2D eigenvalue weighted by atomic mass is 32.2. The molecule has 0 saturated carbocycles. The third-order valence-corrected chi connectivity index (χ3v) is 2.34. The molecule has 0 saturated heterocycles. The number of carbonyl (C=O) groups is 1. The van der Waals surface area contributed by atoms with E-state index in [1.54, 1.807) is 11.8 Å². The van der Waals surface area contributed by atoms with Gasteiger partial charge in [-0.05, 0) is 5.41 Å². The topological polar surface area (TPSA) is 26.3 Å². The van der Waals surface area contributed by atoms with E-state index in [0.29, 0.717) is 5.94 Å². The van der Waals surface area contributed by atoms with Crippen LogP contribution in [0.25, 0.3) is 0 Å². The Morgan fingerprint density at radius 3 is 2.58 bits per heavy atom. The standard InChI is InChI=1S/C9H16O2S/c1-5-8(10)11-7-12-6-9(2,3)4/h5H,1,6-7H2,2-4H3. The van der Waals surface area contributed by atoms with Crippen molar-refractivity contribution in [3.63, 3.8) is 0 Å². The van der Waals surface area contributed by atoms with Crippen LogP contribution >= 0.6 is 11.8 Å². The molecule has 0 spiro atoms. The Morgan fingerprint density at radius 2 is 2.17 bits per heavy atom. The SMILES string of the molecule is C=CC(=O)OCSCC(C)(C)C. The zero-order chi connectivity index (χ0) is 9.61. The fourth-order valence-corrected chi connectivity index (χ4v) is 1.40. The number of carbonyl (C=O) groups excluding carboxylic acids is 1. The smallest absolute Gasteiger partial charge is 0.330 e. The first-order chi connectivity index (χ1) is 5.45. The molecular formula is C9H16O2S. The Hall–Kier alpha value is -0.440. The molecule has 0 aliphatic carbocycles. The lowest BCUT2D eigenvalue weighted by Crippen LogP contribution is -2.10. The molecule has 70 valence electrons. The van der Waals surface area contributed by atoms with E-state index >= 15 is 0 Å². The van der Waals surface area contributed by atoms with Crippen LogP contribution in [0.4, 0.5) is 0 Å². The lowest BCUT2D eigenvalue weighted by Gasteiger charge is -2.16. The van der Waals surface area contributed by atoms with Gasteiger partial charge in [0.15, 0.2) is 0 Å². The van der Waals surface area contributed by atoms with Crippen LogP contribution in [-0.4, -0.2) is 17.7 Å². The van der Waals surface area contributed by atoms with Crippen molar-refractivity contribution in [3.8, 4) is 0 Å². The molecule has 3 heteroatoms. The molecule has 0 radical (unpaired) electrons. The lowest BCUT2D eigenvalue weighted by molar-refractivity contribution is -0.135. The normalized spacial score (nSPS) is 10.9. The summed E-state index contributed by atoms with van der Waals surface area (Å²) < 4.78 is 4.79. The van der Waals surface area contributed by atoms with E-state index in [1.807, 2.05) is 0 Å². The summed E-state index contributed by atoms with van der Waals surface area (Å²) in [7, 11) is 0. The van der Waals surface area contributed by atoms with Crippen LogP contribution in [0.3, 0.4) is 0 Å². The van der Waals surface area contributed by atoms with Crippen LogP contribution in [0.15, 0.2) is 12.7 Å². The minimum absolute atomic E-state index is 0.283. The average molecular weight is 188 g/mol. The van der Waals surface area contributed by atoms with E-state index in [0.717, 1.165) is 5.75 Å². The molecule has 0 atom stereocenters. The molecule has 0 aliphatic rings. The van der Waals surface area contributed by atoms with E-state index < -0.39 is 0 Å². The molecule has 0 heterocycles. The Balaban J connectivity index is 3.34. The minimum Gasteiger partial charge on any atom is -0.451 e. The van der Waals surface area contributed by atoms with Gasteiger partial charge in [-0.15, -0.1) is 11.8 Å². The van der Waals surface area contributed by atoms with Crippen LogP contribution in [0, 0.1) is 5.41 Å². The third-order valence-electron chi connectivity index (χ3n) is 0.986. The number of rotatable bonds is 4. The lowest BCUT2D eigenvalue weighted by atomic mass is 10.0. The van der Waals surface area contributed by atoms with Crippen molar-refractivity contribution in [2.75, 3.05) is 11.7 Å². The van der Waals surface area contributed by atoms with Crippen molar-refractivity contribution in [3.05, 3.63) is 12.7 Å². The summed E-state index contributed by atoms with van der Waals surface area (Å²) in [6.07, 6.45) is 1.18. The summed E-state index contributed by atoms with van der Waals surface area (Å²) in [6.45, 7) is 9.75. The molecule has 0 amide bonds. The molecular weight excluding hydrogens is 172 g/mol. The fourth-order valence-electron chi connectivity index (χ4n) is 0.507. The van der Waals surface area contributed by atoms with Crippen molar-refractivity contribution in [2.24, 2.45) is 5.41 Å². The van der Waals surface area contributed by atoms with Gasteiger partial charge in [0.1, 0.15) is 5.94 Å². The van der Waals surface area contributed by atoms with Gasteiger partial charge < -0.3 is 4.74 Å². The maximum absolute atomic E-state index is 10.6. The largest absolute Gasteiger partial charge is 0.451 e. The first-order valence-electron chi connectivity index (χ1n) is 3.82. The summed E-state index contributed by atoms with van der Waals surface area (Å²) in [5, 5.41) is 0. The second-order valence-electron chi connectivity index (χ2n) is 3.69. The molecule has 0 rings (SSSR count). The summed E-state index contributed by atoms with van der Waals surface area (Å²) in [5.74, 6) is 1.05. The van der Waals surface area contributed by atoms with Gasteiger partial charge in [0, 0.05) is 11.8 Å². The predicted octanol–water partition coefficient (Wildman–Crippen LogP) is 2.45. The van der Waals surface area contributed by atoms with E-state index in [9.17, 15) is 4.79 Å². The summed E-state index contributed by atoms with van der Waals surface area (Å²) in [5.41, 5.74) is 0.283. The van der Waals surface area contributed by atoms with E-state index in [-0.39, 0.29) is 11.4 Å². The van der Waals surface area contributed by atoms with E-state index in [1.165, 1.54) is 6.08 Å². The monoisotopic (exact) mass is 188 g/mol. The number of hydrogen-bond donors (Lipinski definition) is 0. The van der Waals surface area contributed by atoms with Crippen LogP contribution in [0.1, 0.15) is 20.8 Å². The van der Waals surface area contributed by atoms with Crippen LogP contribution in [0.2, 0.25) is 0 Å². The van der Waals surface area contributed by atoms with Gasteiger partial charge in [0.25, 0.3) is 0 Å².